The lowest BCUT2D eigenvalue weighted by Gasteiger charge is -2.23. The van der Waals surface area contributed by atoms with Crippen molar-refractivity contribution in [2.45, 2.75) is 39.7 Å². The molecule has 0 fully saturated rings. The molecule has 5 heteroatoms. The molecule has 0 bridgehead atoms. The van der Waals surface area contributed by atoms with Crippen LogP contribution in [0.2, 0.25) is 0 Å². The van der Waals surface area contributed by atoms with E-state index in [-0.39, 0.29) is 23.7 Å². The normalized spacial score (nSPS) is 12.9. The van der Waals surface area contributed by atoms with Crippen LogP contribution >= 0.6 is 0 Å². The molecule has 2 N–H and O–H groups in total. The van der Waals surface area contributed by atoms with Crippen LogP contribution in [0.4, 0.5) is 0 Å². The van der Waals surface area contributed by atoms with E-state index in [4.69, 9.17) is 4.74 Å². The Kier molecular flexibility index (Phi) is 8.05. The van der Waals surface area contributed by atoms with Gasteiger partial charge in [-0.25, -0.2) is 0 Å². The first-order valence-corrected chi connectivity index (χ1v) is 9.78. The van der Waals surface area contributed by atoms with Gasteiger partial charge in [0.1, 0.15) is 11.8 Å². The van der Waals surface area contributed by atoms with Gasteiger partial charge in [0.05, 0.1) is 6.61 Å². The van der Waals surface area contributed by atoms with E-state index in [2.05, 4.69) is 17.6 Å². The number of nitrogens with one attached hydrogen (secondary N) is 2. The summed E-state index contributed by atoms with van der Waals surface area (Å²) < 4.78 is 5.39. The molecule has 0 spiro atoms. The number of carbonyl (C=O) groups excluding carboxylic acids is 2. The largest absolute Gasteiger partial charge is 0.494 e. The maximum atomic E-state index is 12.7. The molecule has 0 aliphatic rings. The summed E-state index contributed by atoms with van der Waals surface area (Å²) >= 11 is 0. The summed E-state index contributed by atoms with van der Waals surface area (Å²) in [4.78, 5) is 25.2. The van der Waals surface area contributed by atoms with Crippen LogP contribution in [-0.2, 0) is 4.79 Å². The van der Waals surface area contributed by atoms with Gasteiger partial charge < -0.3 is 15.4 Å². The summed E-state index contributed by atoms with van der Waals surface area (Å²) in [5.41, 5.74) is 1.67. The van der Waals surface area contributed by atoms with E-state index in [1.165, 1.54) is 5.56 Å². The number of rotatable bonds is 9. The number of carbonyl (C=O) groups is 2. The number of benzene rings is 2. The smallest absolute Gasteiger partial charge is 0.251 e. The standard InChI is InChI=1S/C23H30N2O3/c1-5-28-20-13-11-19(12-14-20)22(26)25-21(16(2)3)23(27)24-15-17(4)18-9-7-6-8-10-18/h6-14,16-17,21H,5,15H2,1-4H3,(H,24,27)(H,25,26)/t17-,21-/m0/s1. The molecule has 150 valence electrons. The fourth-order valence-electron chi connectivity index (χ4n) is 2.89. The molecule has 0 saturated heterocycles. The van der Waals surface area contributed by atoms with Crippen LogP contribution in [-0.4, -0.2) is 31.0 Å². The van der Waals surface area contributed by atoms with Crippen LogP contribution in [0, 0.1) is 5.92 Å². The van der Waals surface area contributed by atoms with Crippen LogP contribution in [0.15, 0.2) is 54.6 Å². The van der Waals surface area contributed by atoms with Gasteiger partial charge in [-0.05, 0) is 48.6 Å². The van der Waals surface area contributed by atoms with Crippen molar-refractivity contribution in [1.82, 2.24) is 10.6 Å². The van der Waals surface area contributed by atoms with E-state index in [0.717, 1.165) is 0 Å². The number of ether oxygens (including phenoxy) is 1. The summed E-state index contributed by atoms with van der Waals surface area (Å²) in [7, 11) is 0. The third-order valence-electron chi connectivity index (χ3n) is 4.61. The minimum atomic E-state index is -0.595. The molecule has 0 aromatic heterocycles. The first-order valence-electron chi connectivity index (χ1n) is 9.78. The van der Waals surface area contributed by atoms with Gasteiger partial charge in [0.15, 0.2) is 0 Å². The Bertz CT molecular complexity index is 757. The minimum Gasteiger partial charge on any atom is -0.494 e. The maximum absolute atomic E-state index is 12.7. The van der Waals surface area contributed by atoms with E-state index in [1.807, 2.05) is 51.1 Å². The first-order chi connectivity index (χ1) is 13.4. The van der Waals surface area contributed by atoms with Crippen molar-refractivity contribution in [3.63, 3.8) is 0 Å². The first kappa shape index (κ1) is 21.5. The molecule has 2 aromatic carbocycles. The van der Waals surface area contributed by atoms with Crippen LogP contribution in [0.3, 0.4) is 0 Å². The van der Waals surface area contributed by atoms with Gasteiger partial charge in [-0.1, -0.05) is 51.1 Å². The van der Waals surface area contributed by atoms with Crippen molar-refractivity contribution in [1.29, 1.82) is 0 Å². The molecule has 2 aromatic rings. The lowest BCUT2D eigenvalue weighted by Crippen LogP contribution is -2.50. The fourth-order valence-corrected chi connectivity index (χ4v) is 2.89. The van der Waals surface area contributed by atoms with Crippen molar-refractivity contribution in [2.24, 2.45) is 5.92 Å². The van der Waals surface area contributed by atoms with Crippen molar-refractivity contribution >= 4 is 11.8 Å². The van der Waals surface area contributed by atoms with E-state index >= 15 is 0 Å². The van der Waals surface area contributed by atoms with Gasteiger partial charge >= 0.3 is 0 Å². The summed E-state index contributed by atoms with van der Waals surface area (Å²) in [6.45, 7) is 8.91. The second kappa shape index (κ2) is 10.5. The Morgan fingerprint density at radius 3 is 2.18 bits per heavy atom. The van der Waals surface area contributed by atoms with Crippen molar-refractivity contribution in [3.8, 4) is 5.75 Å². The molecular weight excluding hydrogens is 352 g/mol. The molecule has 2 amide bonds. The Morgan fingerprint density at radius 2 is 1.61 bits per heavy atom. The maximum Gasteiger partial charge on any atom is 0.251 e. The average Bonchev–Trinajstić information content (AvgIpc) is 2.71. The van der Waals surface area contributed by atoms with Crippen LogP contribution in [0.25, 0.3) is 0 Å². The Hall–Kier alpha value is -2.82. The molecule has 0 heterocycles. The lowest BCUT2D eigenvalue weighted by atomic mass is 10.00. The van der Waals surface area contributed by atoms with Gasteiger partial charge in [0, 0.05) is 12.1 Å². The van der Waals surface area contributed by atoms with Crippen LogP contribution in [0.1, 0.15) is 49.5 Å². The molecular formula is C23H30N2O3. The van der Waals surface area contributed by atoms with E-state index in [1.54, 1.807) is 24.3 Å². The second-order valence-corrected chi connectivity index (χ2v) is 7.21. The van der Waals surface area contributed by atoms with Gasteiger partial charge in [-0.3, -0.25) is 9.59 Å². The zero-order valence-corrected chi connectivity index (χ0v) is 17.1. The highest BCUT2D eigenvalue weighted by atomic mass is 16.5. The number of amides is 2. The predicted octanol–water partition coefficient (Wildman–Crippen LogP) is 3.76. The van der Waals surface area contributed by atoms with Crippen molar-refractivity contribution in [2.75, 3.05) is 13.2 Å². The summed E-state index contributed by atoms with van der Waals surface area (Å²) in [6.07, 6.45) is 0. The number of hydrogen-bond donors (Lipinski definition) is 2. The molecule has 0 saturated carbocycles. The highest BCUT2D eigenvalue weighted by Gasteiger charge is 2.25. The highest BCUT2D eigenvalue weighted by Crippen LogP contribution is 2.15. The molecule has 0 aliphatic carbocycles. The van der Waals surface area contributed by atoms with E-state index in [9.17, 15) is 9.59 Å². The Labute approximate surface area is 167 Å². The molecule has 28 heavy (non-hydrogen) atoms. The summed E-state index contributed by atoms with van der Waals surface area (Å²) in [5, 5.41) is 5.83. The molecule has 2 atom stereocenters. The van der Waals surface area contributed by atoms with Gasteiger partial charge in [-0.2, -0.15) is 0 Å². The minimum absolute atomic E-state index is 0.0290. The lowest BCUT2D eigenvalue weighted by molar-refractivity contribution is -0.124. The third-order valence-corrected chi connectivity index (χ3v) is 4.61. The van der Waals surface area contributed by atoms with Crippen molar-refractivity contribution in [3.05, 3.63) is 65.7 Å². The predicted molar refractivity (Wildman–Crippen MR) is 112 cm³/mol. The molecule has 5 nitrogen and oxygen atoms in total. The number of hydrogen-bond acceptors (Lipinski definition) is 3. The van der Waals surface area contributed by atoms with Crippen molar-refractivity contribution < 1.29 is 14.3 Å². The third kappa shape index (κ3) is 6.12. The van der Waals surface area contributed by atoms with Crippen LogP contribution in [0.5, 0.6) is 5.75 Å². The zero-order chi connectivity index (χ0) is 20.5. The molecule has 0 unspecified atom stereocenters. The quantitative estimate of drug-likeness (QED) is 0.694. The molecule has 0 radical (unpaired) electrons. The van der Waals surface area contributed by atoms with E-state index < -0.39 is 6.04 Å². The van der Waals surface area contributed by atoms with E-state index in [0.29, 0.717) is 24.5 Å². The Morgan fingerprint density at radius 1 is 0.964 bits per heavy atom. The zero-order valence-electron chi connectivity index (χ0n) is 17.1. The average molecular weight is 383 g/mol. The monoisotopic (exact) mass is 382 g/mol. The highest BCUT2D eigenvalue weighted by molar-refractivity contribution is 5.97. The summed E-state index contributed by atoms with van der Waals surface area (Å²) in [6, 6.07) is 16.4. The second-order valence-electron chi connectivity index (χ2n) is 7.21. The Balaban J connectivity index is 1.95. The SMILES string of the molecule is CCOc1ccc(C(=O)N[C@H](C(=O)NC[C@H](C)c2ccccc2)C(C)C)cc1. The fraction of sp³-hybridized carbons (Fsp3) is 0.391. The van der Waals surface area contributed by atoms with Gasteiger partial charge in [0.25, 0.3) is 5.91 Å². The molecule has 2 rings (SSSR count). The molecule has 0 aliphatic heterocycles. The van der Waals surface area contributed by atoms with Gasteiger partial charge in [0.2, 0.25) is 5.91 Å². The summed E-state index contributed by atoms with van der Waals surface area (Å²) in [5.74, 6) is 0.440. The van der Waals surface area contributed by atoms with Gasteiger partial charge in [-0.15, -0.1) is 0 Å². The topological polar surface area (TPSA) is 67.4 Å². The van der Waals surface area contributed by atoms with Crippen LogP contribution < -0.4 is 15.4 Å².